The molecule has 0 saturated heterocycles. The monoisotopic (exact) mass is 392 g/mol. The normalized spacial score (nSPS) is 11.6. The molecule has 4 rings (SSSR count). The van der Waals surface area contributed by atoms with Crippen molar-refractivity contribution in [3.63, 3.8) is 0 Å². The molecule has 3 heterocycles. The molecule has 9 nitrogen and oxygen atoms in total. The van der Waals surface area contributed by atoms with Gasteiger partial charge >= 0.3 is 0 Å². The summed E-state index contributed by atoms with van der Waals surface area (Å²) < 4.78 is 3.49. The van der Waals surface area contributed by atoms with Crippen LogP contribution in [0.4, 0.5) is 5.95 Å². The summed E-state index contributed by atoms with van der Waals surface area (Å²) in [6.07, 6.45) is 1.39. The Balaban J connectivity index is 1.69. The van der Waals surface area contributed by atoms with Crippen LogP contribution in [0.1, 0.15) is 30.0 Å². The second-order valence-corrected chi connectivity index (χ2v) is 6.81. The first-order valence-electron chi connectivity index (χ1n) is 9.77. The molecule has 1 aromatic carbocycles. The molecule has 0 fully saturated rings. The Hall–Kier alpha value is -3.33. The quantitative estimate of drug-likeness (QED) is 0.519. The van der Waals surface area contributed by atoms with Gasteiger partial charge in [-0.1, -0.05) is 26.0 Å². The lowest BCUT2D eigenvalue weighted by atomic mass is 10.3. The molecule has 0 aliphatic carbocycles. The van der Waals surface area contributed by atoms with Gasteiger partial charge in [0.25, 0.3) is 11.7 Å². The van der Waals surface area contributed by atoms with Crippen LogP contribution in [0.5, 0.6) is 0 Å². The van der Waals surface area contributed by atoms with Crippen molar-refractivity contribution >= 4 is 28.7 Å². The van der Waals surface area contributed by atoms with E-state index in [1.165, 1.54) is 10.8 Å². The topological polar surface area (TPSA) is 93.2 Å². The largest absolute Gasteiger partial charge is 0.309 e. The van der Waals surface area contributed by atoms with Crippen molar-refractivity contribution in [1.82, 2.24) is 34.0 Å². The number of hydrogen-bond acceptors (Lipinski definition) is 6. The first-order valence-corrected chi connectivity index (χ1v) is 9.77. The SMILES string of the molecule is CCN(CC)CCn1c(NC(=O)c2cc(C)nc3ncnn23)nc2ccccc21. The highest BCUT2D eigenvalue weighted by atomic mass is 16.2. The Morgan fingerprint density at radius 2 is 1.97 bits per heavy atom. The van der Waals surface area contributed by atoms with Gasteiger partial charge in [-0.3, -0.25) is 10.1 Å². The first kappa shape index (κ1) is 19.0. The number of benzene rings is 1. The van der Waals surface area contributed by atoms with E-state index in [0.717, 1.165) is 37.2 Å². The number of para-hydroxylation sites is 2. The Morgan fingerprint density at radius 3 is 2.76 bits per heavy atom. The second-order valence-electron chi connectivity index (χ2n) is 6.81. The van der Waals surface area contributed by atoms with Gasteiger partial charge in [-0.25, -0.2) is 9.97 Å². The van der Waals surface area contributed by atoms with Crippen LogP contribution in [0, 0.1) is 6.92 Å². The van der Waals surface area contributed by atoms with Gasteiger partial charge in [0.15, 0.2) is 0 Å². The molecular formula is C20H24N8O. The number of carbonyl (C=O) groups excluding carboxylic acids is 1. The maximum atomic E-state index is 13.1. The van der Waals surface area contributed by atoms with E-state index in [1.807, 2.05) is 31.2 Å². The molecule has 3 aromatic heterocycles. The minimum atomic E-state index is -0.301. The Morgan fingerprint density at radius 1 is 1.17 bits per heavy atom. The zero-order valence-corrected chi connectivity index (χ0v) is 16.8. The summed E-state index contributed by atoms with van der Waals surface area (Å²) in [6.45, 7) is 9.67. The molecule has 0 aliphatic heterocycles. The zero-order chi connectivity index (χ0) is 20.4. The van der Waals surface area contributed by atoms with E-state index in [1.54, 1.807) is 6.07 Å². The third-order valence-electron chi connectivity index (χ3n) is 5.03. The molecule has 0 spiro atoms. The van der Waals surface area contributed by atoms with E-state index in [9.17, 15) is 4.79 Å². The summed E-state index contributed by atoms with van der Waals surface area (Å²) in [6, 6.07) is 9.59. The first-order chi connectivity index (χ1) is 14.1. The summed E-state index contributed by atoms with van der Waals surface area (Å²) >= 11 is 0. The van der Waals surface area contributed by atoms with Crippen molar-refractivity contribution in [2.24, 2.45) is 0 Å². The zero-order valence-electron chi connectivity index (χ0n) is 16.8. The van der Waals surface area contributed by atoms with Crippen LogP contribution in [0.3, 0.4) is 0 Å². The molecule has 0 radical (unpaired) electrons. The minimum Gasteiger partial charge on any atom is -0.309 e. The van der Waals surface area contributed by atoms with E-state index in [2.05, 4.69) is 48.7 Å². The summed E-state index contributed by atoms with van der Waals surface area (Å²) in [4.78, 5) is 28.4. The number of aryl methyl sites for hydroxylation is 1. The summed E-state index contributed by atoms with van der Waals surface area (Å²) in [7, 11) is 0. The number of anilines is 1. The van der Waals surface area contributed by atoms with Gasteiger partial charge in [-0.2, -0.15) is 14.6 Å². The third kappa shape index (κ3) is 3.68. The molecule has 0 unspecified atom stereocenters. The van der Waals surface area contributed by atoms with Crippen molar-refractivity contribution in [2.45, 2.75) is 27.3 Å². The van der Waals surface area contributed by atoms with E-state index in [-0.39, 0.29) is 5.91 Å². The fraction of sp³-hybridized carbons (Fsp3) is 0.350. The van der Waals surface area contributed by atoms with E-state index in [0.29, 0.717) is 23.1 Å². The number of hydrogen-bond donors (Lipinski definition) is 1. The van der Waals surface area contributed by atoms with E-state index >= 15 is 0 Å². The highest BCUT2D eigenvalue weighted by Gasteiger charge is 2.18. The predicted molar refractivity (Wildman–Crippen MR) is 111 cm³/mol. The fourth-order valence-electron chi connectivity index (χ4n) is 3.44. The smallest absolute Gasteiger partial charge is 0.276 e. The Kier molecular flexibility index (Phi) is 5.22. The average Bonchev–Trinajstić information content (AvgIpc) is 3.32. The fourth-order valence-corrected chi connectivity index (χ4v) is 3.44. The lowest BCUT2D eigenvalue weighted by Crippen LogP contribution is -2.28. The van der Waals surface area contributed by atoms with Crippen LogP contribution in [0.25, 0.3) is 16.8 Å². The number of rotatable bonds is 7. The van der Waals surface area contributed by atoms with Crippen molar-refractivity contribution in [1.29, 1.82) is 0 Å². The lowest BCUT2D eigenvalue weighted by Gasteiger charge is -2.19. The summed E-state index contributed by atoms with van der Waals surface area (Å²) in [5.41, 5.74) is 2.91. The molecule has 0 aliphatic rings. The van der Waals surface area contributed by atoms with Crippen molar-refractivity contribution in [3.8, 4) is 0 Å². The van der Waals surface area contributed by atoms with Crippen molar-refractivity contribution < 1.29 is 4.79 Å². The van der Waals surface area contributed by atoms with Gasteiger partial charge in [0.2, 0.25) is 5.95 Å². The van der Waals surface area contributed by atoms with E-state index in [4.69, 9.17) is 0 Å². The van der Waals surface area contributed by atoms with Gasteiger partial charge < -0.3 is 9.47 Å². The summed E-state index contributed by atoms with van der Waals surface area (Å²) in [5.74, 6) is 0.613. The highest BCUT2D eigenvalue weighted by molar-refractivity contribution is 6.03. The molecule has 0 bridgehead atoms. The van der Waals surface area contributed by atoms with Crippen molar-refractivity contribution in [3.05, 3.63) is 48.0 Å². The molecule has 29 heavy (non-hydrogen) atoms. The molecule has 150 valence electrons. The van der Waals surface area contributed by atoms with Crippen molar-refractivity contribution in [2.75, 3.05) is 25.0 Å². The van der Waals surface area contributed by atoms with Crippen LogP contribution in [0.15, 0.2) is 36.7 Å². The number of imidazole rings is 1. The predicted octanol–water partition coefficient (Wildman–Crippen LogP) is 2.38. The number of amides is 1. The van der Waals surface area contributed by atoms with Gasteiger partial charge in [-0.05, 0) is 38.2 Å². The van der Waals surface area contributed by atoms with E-state index < -0.39 is 0 Å². The highest BCUT2D eigenvalue weighted by Crippen LogP contribution is 2.20. The van der Waals surface area contributed by atoms with Gasteiger partial charge in [0, 0.05) is 18.8 Å². The molecule has 0 atom stereocenters. The van der Waals surface area contributed by atoms with Gasteiger partial charge in [-0.15, -0.1) is 0 Å². The van der Waals surface area contributed by atoms with Gasteiger partial charge in [0.1, 0.15) is 12.0 Å². The number of carbonyl (C=O) groups is 1. The minimum absolute atomic E-state index is 0.301. The number of nitrogens with one attached hydrogen (secondary N) is 1. The second kappa shape index (κ2) is 7.96. The number of fused-ring (bicyclic) bond motifs is 2. The standard InChI is InChI=1S/C20H24N8O/c1-4-26(5-2)10-11-27-16-9-7-6-8-15(16)24-20(27)25-18(29)17-12-14(3)23-19-21-13-22-28(17)19/h6-9,12-13H,4-5,10-11H2,1-3H3,(H,24,25,29). The number of likely N-dealkylation sites (N-methyl/N-ethyl adjacent to an activating group) is 1. The average molecular weight is 392 g/mol. The Bertz CT molecular complexity index is 1160. The van der Waals surface area contributed by atoms with Gasteiger partial charge in [0.05, 0.1) is 11.0 Å². The number of aromatic nitrogens is 6. The molecule has 9 heteroatoms. The Labute approximate surface area is 168 Å². The van der Waals surface area contributed by atoms with Crippen LogP contribution in [-0.2, 0) is 6.54 Å². The maximum absolute atomic E-state index is 13.1. The molecule has 1 amide bonds. The summed E-state index contributed by atoms with van der Waals surface area (Å²) in [5, 5.41) is 7.08. The molecular weight excluding hydrogens is 368 g/mol. The molecule has 4 aromatic rings. The van der Waals surface area contributed by atoms with Crippen LogP contribution in [-0.4, -0.2) is 59.6 Å². The lowest BCUT2D eigenvalue weighted by molar-refractivity contribution is 0.101. The number of nitrogens with zero attached hydrogens (tertiary/aromatic N) is 7. The maximum Gasteiger partial charge on any atom is 0.276 e. The van der Waals surface area contributed by atoms with Crippen LogP contribution < -0.4 is 5.32 Å². The third-order valence-corrected chi connectivity index (χ3v) is 5.03. The van der Waals surface area contributed by atoms with Crippen LogP contribution in [0.2, 0.25) is 0 Å². The molecule has 1 N–H and O–H groups in total. The molecule has 0 saturated carbocycles. The van der Waals surface area contributed by atoms with Crippen LogP contribution >= 0.6 is 0 Å².